The van der Waals surface area contributed by atoms with E-state index in [2.05, 4.69) is 19.2 Å². The smallest absolute Gasteiger partial charge is 0.244 e. The van der Waals surface area contributed by atoms with Crippen LogP contribution in [-0.2, 0) is 9.53 Å². The standard InChI is InChI=1S/C16H22N2O2/c1-16(2)11-14(9-10-20-16)18-15(19)8-5-12-3-6-13(17)7-4-12/h3-8,14H,9-11,17H2,1-2H3,(H,18,19)/b8-5+. The molecule has 0 aromatic heterocycles. The van der Waals surface area contributed by atoms with Crippen LogP contribution in [0.3, 0.4) is 0 Å². The Kier molecular flexibility index (Phi) is 4.45. The summed E-state index contributed by atoms with van der Waals surface area (Å²) in [4.78, 5) is 11.9. The Labute approximate surface area is 120 Å². The van der Waals surface area contributed by atoms with E-state index < -0.39 is 0 Å². The number of amides is 1. The molecule has 1 aliphatic rings. The minimum atomic E-state index is -0.156. The van der Waals surface area contributed by atoms with Gasteiger partial charge < -0.3 is 15.8 Å². The molecular formula is C16H22N2O2. The molecule has 4 heteroatoms. The number of benzene rings is 1. The Morgan fingerprint density at radius 1 is 1.40 bits per heavy atom. The van der Waals surface area contributed by atoms with Crippen molar-refractivity contribution in [3.05, 3.63) is 35.9 Å². The third-order valence-corrected chi connectivity index (χ3v) is 3.41. The van der Waals surface area contributed by atoms with Crippen LogP contribution in [-0.4, -0.2) is 24.2 Å². The number of rotatable bonds is 3. The minimum absolute atomic E-state index is 0.0653. The van der Waals surface area contributed by atoms with E-state index >= 15 is 0 Å². The number of carbonyl (C=O) groups excluding carboxylic acids is 1. The molecule has 0 spiro atoms. The first-order chi connectivity index (χ1) is 9.44. The van der Waals surface area contributed by atoms with E-state index in [1.54, 1.807) is 12.2 Å². The molecule has 0 radical (unpaired) electrons. The molecule has 0 aliphatic carbocycles. The fraction of sp³-hybridized carbons (Fsp3) is 0.438. The maximum atomic E-state index is 11.9. The summed E-state index contributed by atoms with van der Waals surface area (Å²) >= 11 is 0. The number of ether oxygens (including phenoxy) is 1. The zero-order chi connectivity index (χ0) is 14.6. The zero-order valence-corrected chi connectivity index (χ0v) is 12.1. The van der Waals surface area contributed by atoms with E-state index in [0.717, 1.165) is 24.1 Å². The molecule has 0 bridgehead atoms. The molecule has 1 aromatic carbocycles. The van der Waals surface area contributed by atoms with Gasteiger partial charge in [0, 0.05) is 24.4 Å². The molecule has 1 heterocycles. The highest BCUT2D eigenvalue weighted by Crippen LogP contribution is 2.23. The van der Waals surface area contributed by atoms with Crippen molar-refractivity contribution in [2.24, 2.45) is 0 Å². The Balaban J connectivity index is 1.87. The van der Waals surface area contributed by atoms with Crippen molar-refractivity contribution in [3.63, 3.8) is 0 Å². The lowest BCUT2D eigenvalue weighted by molar-refractivity contribution is -0.119. The van der Waals surface area contributed by atoms with Crippen LogP contribution in [0.25, 0.3) is 6.08 Å². The number of nitrogens with one attached hydrogen (secondary N) is 1. The maximum absolute atomic E-state index is 11.9. The number of nitrogen functional groups attached to an aromatic ring is 1. The average Bonchev–Trinajstić information content (AvgIpc) is 2.37. The Hall–Kier alpha value is -1.81. The first-order valence-electron chi connectivity index (χ1n) is 6.93. The Morgan fingerprint density at radius 3 is 2.75 bits per heavy atom. The lowest BCUT2D eigenvalue weighted by Crippen LogP contribution is -2.45. The molecular weight excluding hydrogens is 252 g/mol. The van der Waals surface area contributed by atoms with Crippen molar-refractivity contribution >= 4 is 17.7 Å². The number of carbonyl (C=O) groups is 1. The van der Waals surface area contributed by atoms with Gasteiger partial charge in [-0.25, -0.2) is 0 Å². The fourth-order valence-corrected chi connectivity index (χ4v) is 2.38. The molecule has 1 unspecified atom stereocenters. The molecule has 1 atom stereocenters. The van der Waals surface area contributed by atoms with Gasteiger partial charge in [-0.3, -0.25) is 4.79 Å². The van der Waals surface area contributed by atoms with Crippen molar-refractivity contribution in [1.82, 2.24) is 5.32 Å². The number of hydrogen-bond acceptors (Lipinski definition) is 3. The highest BCUT2D eigenvalue weighted by Gasteiger charge is 2.29. The van der Waals surface area contributed by atoms with Crippen molar-refractivity contribution in [2.75, 3.05) is 12.3 Å². The van der Waals surface area contributed by atoms with E-state index in [-0.39, 0.29) is 17.6 Å². The van der Waals surface area contributed by atoms with Crippen molar-refractivity contribution in [3.8, 4) is 0 Å². The normalized spacial score (nSPS) is 21.8. The van der Waals surface area contributed by atoms with Gasteiger partial charge in [-0.15, -0.1) is 0 Å². The molecule has 2 rings (SSSR count). The Bertz CT molecular complexity index is 492. The van der Waals surface area contributed by atoms with Gasteiger partial charge in [0.05, 0.1) is 5.60 Å². The van der Waals surface area contributed by atoms with Crippen LogP contribution < -0.4 is 11.1 Å². The van der Waals surface area contributed by atoms with Crippen LogP contribution in [0.2, 0.25) is 0 Å². The molecule has 1 saturated heterocycles. The summed E-state index contributed by atoms with van der Waals surface area (Å²) in [6.07, 6.45) is 5.06. The zero-order valence-electron chi connectivity index (χ0n) is 12.1. The minimum Gasteiger partial charge on any atom is -0.399 e. The summed E-state index contributed by atoms with van der Waals surface area (Å²) < 4.78 is 5.64. The van der Waals surface area contributed by atoms with E-state index in [1.165, 1.54) is 0 Å². The topological polar surface area (TPSA) is 64.4 Å². The van der Waals surface area contributed by atoms with Crippen LogP contribution in [0.1, 0.15) is 32.3 Å². The summed E-state index contributed by atoms with van der Waals surface area (Å²) in [5.74, 6) is -0.0653. The molecule has 3 N–H and O–H groups in total. The summed E-state index contributed by atoms with van der Waals surface area (Å²) in [6.45, 7) is 4.80. The second-order valence-electron chi connectivity index (χ2n) is 5.81. The van der Waals surface area contributed by atoms with Gasteiger partial charge in [0.25, 0.3) is 0 Å². The maximum Gasteiger partial charge on any atom is 0.244 e. The quantitative estimate of drug-likeness (QED) is 0.657. The van der Waals surface area contributed by atoms with E-state index in [1.807, 2.05) is 24.3 Å². The number of hydrogen-bond donors (Lipinski definition) is 2. The van der Waals surface area contributed by atoms with E-state index in [9.17, 15) is 4.79 Å². The highest BCUT2D eigenvalue weighted by molar-refractivity contribution is 5.91. The predicted octanol–water partition coefficient (Wildman–Crippen LogP) is 2.36. The van der Waals surface area contributed by atoms with Crippen molar-refractivity contribution < 1.29 is 9.53 Å². The third kappa shape index (κ3) is 4.38. The van der Waals surface area contributed by atoms with Gasteiger partial charge in [-0.2, -0.15) is 0 Å². The van der Waals surface area contributed by atoms with E-state index in [4.69, 9.17) is 10.5 Å². The van der Waals surface area contributed by atoms with Gasteiger partial charge in [-0.1, -0.05) is 12.1 Å². The monoisotopic (exact) mass is 274 g/mol. The van der Waals surface area contributed by atoms with Crippen LogP contribution in [0.4, 0.5) is 5.69 Å². The lowest BCUT2D eigenvalue weighted by atomic mass is 9.94. The van der Waals surface area contributed by atoms with Crippen LogP contribution in [0.15, 0.2) is 30.3 Å². The van der Waals surface area contributed by atoms with Gasteiger partial charge in [0.2, 0.25) is 5.91 Å². The largest absolute Gasteiger partial charge is 0.399 e. The lowest BCUT2D eigenvalue weighted by Gasteiger charge is -2.35. The highest BCUT2D eigenvalue weighted by atomic mass is 16.5. The fourth-order valence-electron chi connectivity index (χ4n) is 2.38. The summed E-state index contributed by atoms with van der Waals surface area (Å²) in [5, 5.41) is 3.03. The van der Waals surface area contributed by atoms with Crippen LogP contribution >= 0.6 is 0 Å². The molecule has 4 nitrogen and oxygen atoms in total. The molecule has 1 amide bonds. The van der Waals surface area contributed by atoms with E-state index in [0.29, 0.717) is 6.61 Å². The van der Waals surface area contributed by atoms with Crippen LogP contribution in [0.5, 0.6) is 0 Å². The molecule has 20 heavy (non-hydrogen) atoms. The summed E-state index contributed by atoms with van der Waals surface area (Å²) in [6, 6.07) is 7.59. The van der Waals surface area contributed by atoms with Gasteiger partial charge in [0.1, 0.15) is 0 Å². The Morgan fingerprint density at radius 2 is 2.10 bits per heavy atom. The van der Waals surface area contributed by atoms with Crippen LogP contribution in [0, 0.1) is 0 Å². The second-order valence-corrected chi connectivity index (χ2v) is 5.81. The number of anilines is 1. The van der Waals surface area contributed by atoms with Gasteiger partial charge >= 0.3 is 0 Å². The SMILES string of the molecule is CC1(C)CC(NC(=O)/C=C/c2ccc(N)cc2)CCO1. The predicted molar refractivity (Wildman–Crippen MR) is 81.1 cm³/mol. The summed E-state index contributed by atoms with van der Waals surface area (Å²) in [5.41, 5.74) is 7.14. The first-order valence-corrected chi connectivity index (χ1v) is 6.93. The van der Waals surface area contributed by atoms with Crippen molar-refractivity contribution in [1.29, 1.82) is 0 Å². The molecule has 108 valence electrons. The van der Waals surface area contributed by atoms with Gasteiger partial charge in [0.15, 0.2) is 0 Å². The molecule has 1 fully saturated rings. The van der Waals surface area contributed by atoms with Crippen molar-refractivity contribution in [2.45, 2.75) is 38.3 Å². The first kappa shape index (κ1) is 14.6. The average molecular weight is 274 g/mol. The molecule has 0 saturated carbocycles. The second kappa shape index (κ2) is 6.09. The third-order valence-electron chi connectivity index (χ3n) is 3.41. The number of nitrogens with two attached hydrogens (primary N) is 1. The summed E-state index contributed by atoms with van der Waals surface area (Å²) in [7, 11) is 0. The molecule has 1 aromatic rings. The van der Waals surface area contributed by atoms with Gasteiger partial charge in [-0.05, 0) is 50.5 Å². The molecule has 1 aliphatic heterocycles.